The number of rotatable bonds is 1. The predicted molar refractivity (Wildman–Crippen MR) is 64.4 cm³/mol. The van der Waals surface area contributed by atoms with E-state index >= 15 is 0 Å². The van der Waals surface area contributed by atoms with Gasteiger partial charge in [-0.2, -0.15) is 4.73 Å². The van der Waals surface area contributed by atoms with Gasteiger partial charge in [-0.05, 0) is 6.92 Å². The van der Waals surface area contributed by atoms with Gasteiger partial charge in [0.2, 0.25) is 6.20 Å². The summed E-state index contributed by atoms with van der Waals surface area (Å²) in [5.41, 5.74) is 3.54. The van der Waals surface area contributed by atoms with Crippen LogP contribution in [0.4, 0.5) is 0 Å². The van der Waals surface area contributed by atoms with E-state index in [1.54, 1.807) is 28.7 Å². The SMILES string of the molecule is Cc1ncsc1-c1nc2c[n+]([O-])ccc2s1. The fourth-order valence-electron chi connectivity index (χ4n) is 1.46. The number of nitrogens with zero attached hydrogens (tertiary/aromatic N) is 3. The number of thiazole rings is 2. The molecule has 0 radical (unpaired) electrons. The van der Waals surface area contributed by atoms with Crippen LogP contribution in [0.3, 0.4) is 0 Å². The molecule has 6 heteroatoms. The summed E-state index contributed by atoms with van der Waals surface area (Å²) in [5, 5.41) is 12.0. The Kier molecular flexibility index (Phi) is 2.12. The Labute approximate surface area is 99.4 Å². The summed E-state index contributed by atoms with van der Waals surface area (Å²) in [5.74, 6) is 0. The number of aryl methyl sites for hydroxylation is 1. The lowest BCUT2D eigenvalue weighted by atomic mass is 10.4. The van der Waals surface area contributed by atoms with E-state index in [4.69, 9.17) is 0 Å². The summed E-state index contributed by atoms with van der Waals surface area (Å²) in [7, 11) is 0. The van der Waals surface area contributed by atoms with Crippen LogP contribution < -0.4 is 4.73 Å². The third kappa shape index (κ3) is 1.46. The van der Waals surface area contributed by atoms with Crippen LogP contribution in [0.5, 0.6) is 0 Å². The smallest absolute Gasteiger partial charge is 0.207 e. The Morgan fingerprint density at radius 3 is 3.06 bits per heavy atom. The molecule has 3 rings (SSSR count). The molecule has 0 N–H and O–H groups in total. The fraction of sp³-hybridized carbons (Fsp3) is 0.100. The minimum Gasteiger partial charge on any atom is -0.619 e. The second-order valence-corrected chi connectivity index (χ2v) is 5.23. The summed E-state index contributed by atoms with van der Waals surface area (Å²) >= 11 is 3.16. The molecule has 0 bridgehead atoms. The molecule has 0 unspecified atom stereocenters. The van der Waals surface area contributed by atoms with Crippen LogP contribution >= 0.6 is 22.7 Å². The van der Waals surface area contributed by atoms with Crippen molar-refractivity contribution in [2.75, 3.05) is 0 Å². The Morgan fingerprint density at radius 2 is 2.31 bits per heavy atom. The molecule has 0 aliphatic heterocycles. The zero-order chi connectivity index (χ0) is 11.1. The van der Waals surface area contributed by atoms with Crippen molar-refractivity contribution in [1.82, 2.24) is 9.97 Å². The van der Waals surface area contributed by atoms with Crippen LogP contribution in [0.25, 0.3) is 20.1 Å². The number of fused-ring (bicyclic) bond motifs is 1. The first-order valence-electron chi connectivity index (χ1n) is 4.64. The minimum atomic E-state index is 0.741. The number of aromatic nitrogens is 3. The zero-order valence-corrected chi connectivity index (χ0v) is 10.0. The fourth-order valence-corrected chi connectivity index (χ4v) is 3.34. The van der Waals surface area contributed by atoms with Crippen molar-refractivity contribution in [3.05, 3.63) is 34.9 Å². The highest BCUT2D eigenvalue weighted by Gasteiger charge is 2.12. The molecule has 0 amide bonds. The maximum absolute atomic E-state index is 11.1. The monoisotopic (exact) mass is 249 g/mol. The van der Waals surface area contributed by atoms with Gasteiger partial charge in [-0.3, -0.25) is 0 Å². The molecule has 3 heterocycles. The van der Waals surface area contributed by atoms with E-state index in [-0.39, 0.29) is 0 Å². The second-order valence-electron chi connectivity index (χ2n) is 3.34. The quantitative estimate of drug-likeness (QED) is 0.491. The largest absolute Gasteiger partial charge is 0.619 e. The Hall–Kier alpha value is -1.53. The lowest BCUT2D eigenvalue weighted by molar-refractivity contribution is -0.603. The van der Waals surface area contributed by atoms with E-state index in [1.165, 1.54) is 12.4 Å². The highest BCUT2D eigenvalue weighted by Crippen LogP contribution is 2.33. The zero-order valence-electron chi connectivity index (χ0n) is 8.38. The molecule has 4 nitrogen and oxygen atoms in total. The number of hydrogen-bond acceptors (Lipinski definition) is 5. The molecular formula is C10H7N3OS2. The van der Waals surface area contributed by atoms with Crippen molar-refractivity contribution in [1.29, 1.82) is 0 Å². The van der Waals surface area contributed by atoms with Gasteiger partial charge >= 0.3 is 0 Å². The van der Waals surface area contributed by atoms with Gasteiger partial charge in [-0.1, -0.05) is 0 Å². The minimum absolute atomic E-state index is 0.741. The average molecular weight is 249 g/mol. The molecule has 0 saturated carbocycles. The number of pyridine rings is 1. The van der Waals surface area contributed by atoms with Gasteiger partial charge in [0.05, 0.1) is 20.8 Å². The van der Waals surface area contributed by atoms with Crippen LogP contribution in [0, 0.1) is 12.1 Å². The van der Waals surface area contributed by atoms with Crippen LogP contribution in [-0.2, 0) is 0 Å². The van der Waals surface area contributed by atoms with E-state index in [1.807, 2.05) is 12.4 Å². The second kappa shape index (κ2) is 3.50. The summed E-state index contributed by atoms with van der Waals surface area (Å²) < 4.78 is 1.79. The van der Waals surface area contributed by atoms with Crippen molar-refractivity contribution in [2.24, 2.45) is 0 Å². The van der Waals surface area contributed by atoms with Gasteiger partial charge in [-0.25, -0.2) is 9.97 Å². The molecule has 3 aromatic rings. The van der Waals surface area contributed by atoms with Crippen LogP contribution in [0.1, 0.15) is 5.69 Å². The van der Waals surface area contributed by atoms with Gasteiger partial charge in [0.1, 0.15) is 10.5 Å². The predicted octanol–water partition coefficient (Wildman–Crippen LogP) is 2.36. The molecule has 16 heavy (non-hydrogen) atoms. The lowest BCUT2D eigenvalue weighted by Crippen LogP contribution is -2.23. The highest BCUT2D eigenvalue weighted by molar-refractivity contribution is 7.25. The maximum atomic E-state index is 11.1. The normalized spacial score (nSPS) is 11.1. The first-order valence-corrected chi connectivity index (χ1v) is 6.33. The van der Waals surface area contributed by atoms with E-state index in [0.717, 1.165) is 30.5 Å². The van der Waals surface area contributed by atoms with Crippen molar-refractivity contribution < 1.29 is 4.73 Å². The number of hydrogen-bond donors (Lipinski definition) is 0. The standard InChI is InChI=1S/C10H7N3OS2/c1-6-9(15-5-11-6)10-12-7-4-13(14)3-2-8(7)16-10/h2-5H,1H3. The van der Waals surface area contributed by atoms with Gasteiger partial charge in [0, 0.05) is 6.07 Å². The Balaban J connectivity index is 2.23. The molecule has 0 aliphatic rings. The molecule has 0 aliphatic carbocycles. The Bertz CT molecular complexity index is 659. The molecule has 0 atom stereocenters. The summed E-state index contributed by atoms with van der Waals surface area (Å²) in [4.78, 5) is 9.73. The lowest BCUT2D eigenvalue weighted by Gasteiger charge is -1.91. The molecule has 0 spiro atoms. The van der Waals surface area contributed by atoms with Crippen molar-refractivity contribution >= 4 is 32.9 Å². The van der Waals surface area contributed by atoms with Crippen LogP contribution in [0.15, 0.2) is 24.0 Å². The topological polar surface area (TPSA) is 52.7 Å². The van der Waals surface area contributed by atoms with Gasteiger partial charge in [0.25, 0.3) is 0 Å². The van der Waals surface area contributed by atoms with Crippen molar-refractivity contribution in [3.8, 4) is 9.88 Å². The third-order valence-electron chi connectivity index (χ3n) is 2.24. The van der Waals surface area contributed by atoms with Gasteiger partial charge < -0.3 is 5.21 Å². The molecule has 0 aromatic carbocycles. The Morgan fingerprint density at radius 1 is 1.44 bits per heavy atom. The first kappa shape index (κ1) is 9.68. The first-order chi connectivity index (χ1) is 7.74. The summed E-state index contributed by atoms with van der Waals surface area (Å²) in [6, 6.07) is 1.79. The van der Waals surface area contributed by atoms with Gasteiger partial charge in [-0.15, -0.1) is 22.7 Å². The molecular weight excluding hydrogens is 242 g/mol. The van der Waals surface area contributed by atoms with Crippen molar-refractivity contribution in [2.45, 2.75) is 6.92 Å². The molecule has 80 valence electrons. The van der Waals surface area contributed by atoms with Crippen LogP contribution in [-0.4, -0.2) is 9.97 Å². The average Bonchev–Trinajstić information content (AvgIpc) is 2.82. The van der Waals surface area contributed by atoms with E-state index in [0.29, 0.717) is 0 Å². The van der Waals surface area contributed by atoms with Gasteiger partial charge in [0.15, 0.2) is 6.20 Å². The molecule has 3 aromatic heterocycles. The summed E-state index contributed by atoms with van der Waals surface area (Å²) in [6.45, 7) is 1.96. The van der Waals surface area contributed by atoms with Crippen LogP contribution in [0.2, 0.25) is 0 Å². The third-order valence-corrected chi connectivity index (χ3v) is 4.36. The highest BCUT2D eigenvalue weighted by atomic mass is 32.1. The molecule has 0 saturated heterocycles. The molecule has 0 fully saturated rings. The van der Waals surface area contributed by atoms with Crippen molar-refractivity contribution in [3.63, 3.8) is 0 Å². The summed E-state index contributed by atoms with van der Waals surface area (Å²) in [6.07, 6.45) is 2.98. The van der Waals surface area contributed by atoms with E-state index < -0.39 is 0 Å². The maximum Gasteiger partial charge on any atom is 0.207 e. The van der Waals surface area contributed by atoms with E-state index in [2.05, 4.69) is 9.97 Å². The van der Waals surface area contributed by atoms with E-state index in [9.17, 15) is 5.21 Å².